The number of hydrogen-bond acceptors (Lipinski definition) is 4. The topological polar surface area (TPSA) is 47.3 Å². The summed E-state index contributed by atoms with van der Waals surface area (Å²) in [7, 11) is 0. The highest BCUT2D eigenvalue weighted by molar-refractivity contribution is 6.94. The maximum absolute atomic E-state index is 7.04. The molecule has 0 amide bonds. The van der Waals surface area contributed by atoms with Gasteiger partial charge in [-0.2, -0.15) is 0 Å². The number of benzene rings is 8. The van der Waals surface area contributed by atoms with Gasteiger partial charge in [-0.1, -0.05) is 149 Å². The predicted octanol–water partition coefficient (Wildman–Crippen LogP) is 15.9. The van der Waals surface area contributed by atoms with Crippen molar-refractivity contribution in [2.45, 2.75) is 97.8 Å². The third kappa shape index (κ3) is 5.53. The van der Waals surface area contributed by atoms with Crippen LogP contribution in [0, 0.1) is 0 Å². The minimum Gasteiger partial charge on any atom is -0.456 e. The van der Waals surface area contributed by atoms with Crippen molar-refractivity contribution in [1.82, 2.24) is 9.55 Å². The van der Waals surface area contributed by atoms with Gasteiger partial charge < -0.3 is 18.2 Å². The number of nitrogens with zero attached hydrogens (tertiary/aromatic N) is 3. The molecule has 3 aromatic heterocycles. The predicted molar refractivity (Wildman–Crippen MR) is 294 cm³/mol. The summed E-state index contributed by atoms with van der Waals surface area (Å²) in [5.74, 6) is 0.623. The minimum atomic E-state index is -0.328. The Morgan fingerprint density at radius 3 is 1.96 bits per heavy atom. The Labute approximate surface area is 409 Å². The van der Waals surface area contributed by atoms with Crippen molar-refractivity contribution < 1.29 is 8.83 Å². The highest BCUT2D eigenvalue weighted by atomic mass is 16.3. The molecule has 70 heavy (non-hydrogen) atoms. The van der Waals surface area contributed by atoms with Crippen LogP contribution in [0.25, 0.3) is 94.2 Å². The van der Waals surface area contributed by atoms with Gasteiger partial charge in [-0.15, -0.1) is 0 Å². The molecule has 6 heteroatoms. The molecule has 2 aliphatic heterocycles. The Morgan fingerprint density at radius 1 is 0.543 bits per heavy atom. The first kappa shape index (κ1) is 41.6. The van der Waals surface area contributed by atoms with Gasteiger partial charge in [-0.05, 0) is 132 Å². The fourth-order valence-electron chi connectivity index (χ4n) is 12.6. The summed E-state index contributed by atoms with van der Waals surface area (Å²) in [4.78, 5) is 7.92. The average molecular weight is 910 g/mol. The van der Waals surface area contributed by atoms with Gasteiger partial charge >= 0.3 is 6.85 Å². The molecule has 14 rings (SSSR count). The zero-order valence-electron chi connectivity index (χ0n) is 42.0. The molecule has 0 saturated heterocycles. The van der Waals surface area contributed by atoms with Crippen LogP contribution in [0.4, 0.5) is 11.4 Å². The summed E-state index contributed by atoms with van der Waals surface area (Å²) >= 11 is 0. The zero-order chi connectivity index (χ0) is 48.1. The molecule has 0 saturated carbocycles. The lowest BCUT2D eigenvalue weighted by Gasteiger charge is -2.43. The third-order valence-corrected chi connectivity index (χ3v) is 16.2. The lowest BCUT2D eigenvalue weighted by atomic mass is 9.43. The molecule has 5 nitrogen and oxygen atoms in total. The molecular weight excluding hydrogens is 854 g/mol. The van der Waals surface area contributed by atoms with E-state index in [0.717, 1.165) is 50.0 Å². The molecule has 0 fully saturated rings. The fourth-order valence-corrected chi connectivity index (χ4v) is 12.6. The van der Waals surface area contributed by atoms with Gasteiger partial charge in [-0.3, -0.25) is 0 Å². The van der Waals surface area contributed by atoms with E-state index in [9.17, 15) is 0 Å². The van der Waals surface area contributed by atoms with Gasteiger partial charge in [0.2, 0.25) is 5.89 Å². The molecule has 0 N–H and O–H groups in total. The number of fused-ring (bicyclic) bond motifs is 17. The molecule has 0 radical (unpaired) electrons. The van der Waals surface area contributed by atoms with Gasteiger partial charge in [0.1, 0.15) is 16.7 Å². The van der Waals surface area contributed by atoms with Gasteiger partial charge in [0.05, 0.1) is 11.0 Å². The highest BCUT2D eigenvalue weighted by Gasteiger charge is 2.50. The lowest BCUT2D eigenvalue weighted by molar-refractivity contribution is 0.587. The highest BCUT2D eigenvalue weighted by Crippen LogP contribution is 2.59. The van der Waals surface area contributed by atoms with Gasteiger partial charge in [0, 0.05) is 61.2 Å². The summed E-state index contributed by atoms with van der Waals surface area (Å²) in [5.41, 5.74) is 24.1. The number of rotatable bonds is 2. The van der Waals surface area contributed by atoms with Crippen LogP contribution in [0.1, 0.15) is 104 Å². The van der Waals surface area contributed by atoms with Crippen LogP contribution < -0.4 is 15.7 Å². The van der Waals surface area contributed by atoms with Gasteiger partial charge in [0.25, 0.3) is 0 Å². The summed E-state index contributed by atoms with van der Waals surface area (Å²) in [5, 5.41) is 4.84. The number of oxazole rings is 1. The summed E-state index contributed by atoms with van der Waals surface area (Å²) in [6.45, 7) is 25.4. The molecule has 0 atom stereocenters. The van der Waals surface area contributed by atoms with Crippen LogP contribution in [-0.2, 0) is 21.7 Å². The smallest absolute Gasteiger partial charge is 0.333 e. The van der Waals surface area contributed by atoms with Crippen LogP contribution in [0.3, 0.4) is 0 Å². The Bertz CT molecular complexity index is 4090. The van der Waals surface area contributed by atoms with E-state index in [0.29, 0.717) is 5.89 Å². The van der Waals surface area contributed by atoms with E-state index in [2.05, 4.69) is 207 Å². The third-order valence-electron chi connectivity index (χ3n) is 16.2. The molecule has 11 aromatic rings. The first-order chi connectivity index (χ1) is 33.4. The van der Waals surface area contributed by atoms with E-state index in [1.54, 1.807) is 0 Å². The molecule has 5 heterocycles. The first-order valence-electron chi connectivity index (χ1n) is 25.1. The second-order valence-corrected chi connectivity index (χ2v) is 24.0. The fraction of sp³-hybridized carbons (Fsp3) is 0.234. The van der Waals surface area contributed by atoms with Crippen LogP contribution in [-0.4, -0.2) is 16.4 Å². The Morgan fingerprint density at radius 2 is 1.21 bits per heavy atom. The average Bonchev–Trinajstić information content (AvgIpc) is 4.07. The van der Waals surface area contributed by atoms with Gasteiger partial charge in [-0.25, -0.2) is 4.98 Å². The molecule has 1 aliphatic carbocycles. The molecule has 342 valence electrons. The van der Waals surface area contributed by atoms with Gasteiger partial charge in [0.15, 0.2) is 5.58 Å². The zero-order valence-corrected chi connectivity index (χ0v) is 42.0. The van der Waals surface area contributed by atoms with E-state index in [4.69, 9.17) is 13.8 Å². The van der Waals surface area contributed by atoms with E-state index >= 15 is 0 Å². The van der Waals surface area contributed by atoms with Crippen LogP contribution >= 0.6 is 0 Å². The van der Waals surface area contributed by atoms with Crippen LogP contribution in [0.5, 0.6) is 0 Å². The maximum atomic E-state index is 7.04. The monoisotopic (exact) mass is 909 g/mol. The number of aromatic nitrogens is 2. The molecule has 0 bridgehead atoms. The SMILES string of the molecule is CC(C)(C)c1ccc(N2B3c4cc5nc(-c6ccccc6)oc5cc4-n4c5ccc(C(C)(C)C)cc5c5c6c(c(c3c54)-c3cc4oc5cc(C(C)(C)C)ccc5c4cc32)C(C)(C)c2ccccc2-6)cc1. The Kier molecular flexibility index (Phi) is 8.04. The summed E-state index contributed by atoms with van der Waals surface area (Å²) in [6.07, 6.45) is 0. The van der Waals surface area contributed by atoms with Crippen molar-refractivity contribution in [3.8, 4) is 39.4 Å². The lowest BCUT2D eigenvalue weighted by Crippen LogP contribution is -2.61. The van der Waals surface area contributed by atoms with E-state index in [-0.39, 0.29) is 28.5 Å². The normalized spacial score (nSPS) is 14.8. The van der Waals surface area contributed by atoms with Crippen LogP contribution in [0.15, 0.2) is 148 Å². The molecule has 8 aromatic carbocycles. The molecule has 0 spiro atoms. The van der Waals surface area contributed by atoms with Crippen molar-refractivity contribution in [2.24, 2.45) is 0 Å². The Balaban J connectivity index is 1.20. The minimum absolute atomic E-state index is 0.00861. The standard InChI is InChI=1S/C64H56BN3O2/c1-61(2,3)36-21-25-39(26-22-36)68-49-31-42-40-27-23-38(63(7,8)9)30-51(40)69-52(42)32-44(49)56-57-54(41-19-15-16-20-45(41)64(57,10)11)55-43-29-37(62(4,5)6)24-28-48(43)67-50-34-53-47(33-46(50)65(68)58(56)59(55)67)66-60(70-53)35-17-13-12-14-18-35/h12-34H,1-11H3. The number of furan rings is 1. The number of anilines is 2. The largest absolute Gasteiger partial charge is 0.456 e. The second-order valence-electron chi connectivity index (χ2n) is 24.0. The second kappa shape index (κ2) is 13.5. The van der Waals surface area contributed by atoms with Crippen LogP contribution in [0.2, 0.25) is 0 Å². The van der Waals surface area contributed by atoms with E-state index in [1.807, 2.05) is 18.2 Å². The van der Waals surface area contributed by atoms with E-state index in [1.165, 1.54) is 88.5 Å². The first-order valence-corrected chi connectivity index (χ1v) is 25.1. The van der Waals surface area contributed by atoms with E-state index < -0.39 is 0 Å². The molecular formula is C64H56BN3O2. The van der Waals surface area contributed by atoms with Crippen molar-refractivity contribution in [1.29, 1.82) is 0 Å². The Hall–Kier alpha value is -7.31. The molecule has 0 unspecified atom stereocenters. The quantitative estimate of drug-likeness (QED) is 0.162. The van der Waals surface area contributed by atoms with Crippen molar-refractivity contribution >= 4 is 84.0 Å². The maximum Gasteiger partial charge on any atom is 0.333 e. The summed E-state index contributed by atoms with van der Waals surface area (Å²) < 4.78 is 16.4. The van der Waals surface area contributed by atoms with Crippen molar-refractivity contribution in [3.05, 3.63) is 167 Å². The van der Waals surface area contributed by atoms with Crippen molar-refractivity contribution in [3.63, 3.8) is 0 Å². The molecule has 3 aliphatic rings. The number of hydrogen-bond donors (Lipinski definition) is 0. The summed E-state index contributed by atoms with van der Waals surface area (Å²) in [6, 6.07) is 52.4. The van der Waals surface area contributed by atoms with Crippen molar-refractivity contribution in [2.75, 3.05) is 4.81 Å².